The number of aryl methyl sites for hydroxylation is 1. The lowest BCUT2D eigenvalue weighted by Gasteiger charge is -2.18. The molecule has 0 fully saturated rings. The minimum Gasteiger partial charge on any atom is -0.382 e. The molecule has 2 N–H and O–H groups in total. The van der Waals surface area contributed by atoms with Crippen LogP contribution in [0.5, 0.6) is 0 Å². The molecule has 0 unspecified atom stereocenters. The number of hydrogen-bond donors (Lipinski definition) is 2. The summed E-state index contributed by atoms with van der Waals surface area (Å²) in [6.07, 6.45) is 2.32. The molecule has 8 heteroatoms. The van der Waals surface area contributed by atoms with E-state index in [1.165, 1.54) is 0 Å². The molecule has 2 aromatic heterocycles. The lowest BCUT2D eigenvalue weighted by atomic mass is 10.1. The van der Waals surface area contributed by atoms with Crippen molar-refractivity contribution in [2.75, 3.05) is 13.7 Å². The third kappa shape index (κ3) is 4.51. The maximum absolute atomic E-state index is 12.5. The molecule has 8 nitrogen and oxygen atoms in total. The van der Waals surface area contributed by atoms with Crippen LogP contribution in [0.1, 0.15) is 41.8 Å². The van der Waals surface area contributed by atoms with Gasteiger partial charge in [0.1, 0.15) is 5.69 Å². The van der Waals surface area contributed by atoms with Gasteiger partial charge in [0.25, 0.3) is 5.91 Å². The second-order valence-corrected chi connectivity index (χ2v) is 6.06. The van der Waals surface area contributed by atoms with Crippen molar-refractivity contribution >= 4 is 5.91 Å². The Balaban J connectivity index is 2.22. The first-order valence-corrected chi connectivity index (χ1v) is 7.78. The van der Waals surface area contributed by atoms with Gasteiger partial charge in [0.05, 0.1) is 18.3 Å². The Labute approximate surface area is 140 Å². The van der Waals surface area contributed by atoms with Crippen LogP contribution < -0.4 is 11.0 Å². The molecule has 2 aromatic rings. The van der Waals surface area contributed by atoms with Crippen LogP contribution in [-0.2, 0) is 18.2 Å². The molecule has 2 heterocycles. The molecule has 1 amide bonds. The first-order chi connectivity index (χ1) is 11.4. The number of nitrogens with one attached hydrogen (secondary N) is 2. The summed E-state index contributed by atoms with van der Waals surface area (Å²) in [6.45, 7) is 4.36. The van der Waals surface area contributed by atoms with Crippen LogP contribution in [0.15, 0.2) is 23.1 Å². The van der Waals surface area contributed by atoms with Gasteiger partial charge in [-0.05, 0) is 24.5 Å². The number of H-pyrrole nitrogens is 1. The predicted octanol–water partition coefficient (Wildman–Crippen LogP) is 0.819. The highest BCUT2D eigenvalue weighted by Crippen LogP contribution is 2.13. The van der Waals surface area contributed by atoms with E-state index in [9.17, 15) is 9.59 Å². The number of carbonyl (C=O) groups excluding carboxylic acids is 1. The molecule has 0 bridgehead atoms. The van der Waals surface area contributed by atoms with Crippen LogP contribution in [0.25, 0.3) is 0 Å². The number of methoxy groups -OCH3 is 1. The molecular formula is C16H23N5O3. The number of rotatable bonds is 7. The quantitative estimate of drug-likeness (QED) is 0.781. The fourth-order valence-corrected chi connectivity index (χ4v) is 2.50. The Morgan fingerprint density at radius 1 is 1.46 bits per heavy atom. The van der Waals surface area contributed by atoms with Crippen molar-refractivity contribution in [1.82, 2.24) is 25.1 Å². The Hall–Kier alpha value is -2.48. The van der Waals surface area contributed by atoms with Crippen LogP contribution in [0, 0.1) is 5.92 Å². The Bertz CT molecular complexity index is 750. The van der Waals surface area contributed by atoms with Gasteiger partial charge in [0.2, 0.25) is 0 Å². The predicted molar refractivity (Wildman–Crippen MR) is 88.7 cm³/mol. The normalized spacial score (nSPS) is 12.4. The molecule has 2 rings (SSSR count). The minimum atomic E-state index is -0.526. The highest BCUT2D eigenvalue weighted by molar-refractivity contribution is 5.92. The number of hydrogen-bond acceptors (Lipinski definition) is 5. The van der Waals surface area contributed by atoms with E-state index in [1.807, 2.05) is 13.8 Å². The zero-order valence-corrected chi connectivity index (χ0v) is 14.4. The molecule has 0 saturated carbocycles. The summed E-state index contributed by atoms with van der Waals surface area (Å²) in [5, 5.41) is 6.95. The summed E-state index contributed by atoms with van der Waals surface area (Å²) in [6, 6.07) is 3.04. The molecule has 24 heavy (non-hydrogen) atoms. The lowest BCUT2D eigenvalue weighted by molar-refractivity contribution is 0.0886. The topological polar surface area (TPSA) is 102 Å². The van der Waals surface area contributed by atoms with Gasteiger partial charge in [0.15, 0.2) is 0 Å². The second kappa shape index (κ2) is 7.87. The van der Waals surface area contributed by atoms with Crippen LogP contribution in [0.3, 0.4) is 0 Å². The Morgan fingerprint density at radius 3 is 2.79 bits per heavy atom. The molecule has 1 atom stereocenters. The summed E-state index contributed by atoms with van der Waals surface area (Å²) >= 11 is 0. The van der Waals surface area contributed by atoms with Gasteiger partial charge < -0.3 is 15.0 Å². The smallest absolute Gasteiger partial charge is 0.345 e. The molecule has 0 aliphatic heterocycles. The van der Waals surface area contributed by atoms with E-state index in [-0.39, 0.29) is 18.3 Å². The fraction of sp³-hybridized carbons (Fsp3) is 0.500. The van der Waals surface area contributed by atoms with Crippen LogP contribution in [0.4, 0.5) is 0 Å². The van der Waals surface area contributed by atoms with Gasteiger partial charge in [-0.3, -0.25) is 9.48 Å². The van der Waals surface area contributed by atoms with E-state index in [0.29, 0.717) is 18.0 Å². The van der Waals surface area contributed by atoms with Gasteiger partial charge in [-0.15, -0.1) is 0 Å². The zero-order chi connectivity index (χ0) is 17.7. The van der Waals surface area contributed by atoms with E-state index >= 15 is 0 Å². The van der Waals surface area contributed by atoms with Crippen molar-refractivity contribution in [3.05, 3.63) is 45.9 Å². The molecule has 0 aliphatic carbocycles. The molecule has 0 aliphatic rings. The molecule has 0 spiro atoms. The highest BCUT2D eigenvalue weighted by atomic mass is 16.5. The first kappa shape index (κ1) is 17.9. The maximum atomic E-state index is 12.5. The number of amides is 1. The van der Waals surface area contributed by atoms with Gasteiger partial charge in [0, 0.05) is 26.0 Å². The molecule has 0 radical (unpaired) electrons. The average Bonchev–Trinajstić information content (AvgIpc) is 2.91. The third-order valence-corrected chi connectivity index (χ3v) is 3.52. The monoisotopic (exact) mass is 333 g/mol. The molecule has 0 saturated heterocycles. The summed E-state index contributed by atoms with van der Waals surface area (Å²) in [5.74, 6) is -0.0657. The molecular weight excluding hydrogens is 310 g/mol. The molecule has 0 aromatic carbocycles. The fourth-order valence-electron chi connectivity index (χ4n) is 2.50. The number of aromatic amines is 1. The van der Waals surface area contributed by atoms with E-state index < -0.39 is 11.6 Å². The van der Waals surface area contributed by atoms with Crippen molar-refractivity contribution in [3.63, 3.8) is 0 Å². The average molecular weight is 333 g/mol. The number of aromatic nitrogens is 4. The minimum absolute atomic E-state index is 0.0951. The standard InChI is InChI=1S/C16H23N5O3/c1-10(2)7-11-8-12(20-16(23)18-11)15(22)19-13(9-24-4)14-5-6-17-21(14)3/h5-6,8,10,13H,7,9H2,1-4H3,(H,19,22)(H,18,20,23)/t13-/m1/s1. The SMILES string of the molecule is COC[C@@H](NC(=O)c1cc(CC(C)C)[nH]c(=O)n1)c1ccnn1C. The summed E-state index contributed by atoms with van der Waals surface area (Å²) in [4.78, 5) is 30.7. The van der Waals surface area contributed by atoms with Gasteiger partial charge in [-0.1, -0.05) is 13.8 Å². The summed E-state index contributed by atoms with van der Waals surface area (Å²) in [7, 11) is 3.35. The van der Waals surface area contributed by atoms with Crippen LogP contribution >= 0.6 is 0 Å². The van der Waals surface area contributed by atoms with Crippen molar-refractivity contribution in [3.8, 4) is 0 Å². The number of nitrogens with zero attached hydrogens (tertiary/aromatic N) is 3. The summed E-state index contributed by atoms with van der Waals surface area (Å²) in [5.41, 5.74) is 1.07. The highest BCUT2D eigenvalue weighted by Gasteiger charge is 2.20. The van der Waals surface area contributed by atoms with Crippen molar-refractivity contribution < 1.29 is 9.53 Å². The van der Waals surface area contributed by atoms with Crippen LogP contribution in [0.2, 0.25) is 0 Å². The maximum Gasteiger partial charge on any atom is 0.345 e. The van der Waals surface area contributed by atoms with E-state index in [4.69, 9.17) is 4.74 Å². The van der Waals surface area contributed by atoms with Crippen molar-refractivity contribution in [2.45, 2.75) is 26.3 Å². The second-order valence-electron chi connectivity index (χ2n) is 6.06. The largest absolute Gasteiger partial charge is 0.382 e. The van der Waals surface area contributed by atoms with Crippen molar-refractivity contribution in [2.24, 2.45) is 13.0 Å². The van der Waals surface area contributed by atoms with Gasteiger partial charge in [-0.2, -0.15) is 10.1 Å². The lowest BCUT2D eigenvalue weighted by Crippen LogP contribution is -2.34. The number of ether oxygens (including phenoxy) is 1. The van der Waals surface area contributed by atoms with Gasteiger partial charge >= 0.3 is 5.69 Å². The Morgan fingerprint density at radius 2 is 2.21 bits per heavy atom. The number of carbonyl (C=O) groups is 1. The third-order valence-electron chi connectivity index (χ3n) is 3.52. The zero-order valence-electron chi connectivity index (χ0n) is 14.4. The van der Waals surface area contributed by atoms with E-state index in [1.54, 1.807) is 37.2 Å². The first-order valence-electron chi connectivity index (χ1n) is 7.78. The Kier molecular flexibility index (Phi) is 5.86. The van der Waals surface area contributed by atoms with Gasteiger partial charge in [-0.25, -0.2) is 4.79 Å². The summed E-state index contributed by atoms with van der Waals surface area (Å²) < 4.78 is 6.84. The van der Waals surface area contributed by atoms with E-state index in [2.05, 4.69) is 20.4 Å². The van der Waals surface area contributed by atoms with Crippen molar-refractivity contribution in [1.29, 1.82) is 0 Å². The molecule has 130 valence electrons. The van der Waals surface area contributed by atoms with Crippen LogP contribution in [-0.4, -0.2) is 39.4 Å². The van der Waals surface area contributed by atoms with E-state index in [0.717, 1.165) is 5.69 Å².